The SMILES string of the molecule is O=C(CCC1CCOc2ccccc21)OC1CC1. The molecule has 3 heteroatoms. The molecular formula is C15H18O3. The third-order valence-electron chi connectivity index (χ3n) is 3.60. The molecule has 3 nitrogen and oxygen atoms in total. The lowest BCUT2D eigenvalue weighted by Gasteiger charge is -2.25. The molecule has 1 aliphatic heterocycles. The standard InChI is InChI=1S/C15H18O3/c16-15(18-12-6-7-12)8-5-11-9-10-17-14-4-2-1-3-13(11)14/h1-4,11-12H,5-10H2. The van der Waals surface area contributed by atoms with E-state index in [1.165, 1.54) is 5.56 Å². The van der Waals surface area contributed by atoms with Crippen molar-refractivity contribution in [1.29, 1.82) is 0 Å². The van der Waals surface area contributed by atoms with E-state index < -0.39 is 0 Å². The second-order valence-corrected chi connectivity index (χ2v) is 5.10. The van der Waals surface area contributed by atoms with Gasteiger partial charge in [-0.1, -0.05) is 18.2 Å². The first kappa shape index (κ1) is 11.6. The zero-order valence-electron chi connectivity index (χ0n) is 10.4. The van der Waals surface area contributed by atoms with Crippen molar-refractivity contribution in [2.75, 3.05) is 6.61 Å². The Hall–Kier alpha value is -1.51. The molecule has 0 saturated heterocycles. The summed E-state index contributed by atoms with van der Waals surface area (Å²) < 4.78 is 10.9. The number of carbonyl (C=O) groups excluding carboxylic acids is 1. The van der Waals surface area contributed by atoms with E-state index in [-0.39, 0.29) is 12.1 Å². The predicted octanol–water partition coefficient (Wildman–Crippen LogP) is 3.04. The van der Waals surface area contributed by atoms with Crippen molar-refractivity contribution < 1.29 is 14.3 Å². The number of para-hydroxylation sites is 1. The van der Waals surface area contributed by atoms with Crippen LogP contribution >= 0.6 is 0 Å². The lowest BCUT2D eigenvalue weighted by Crippen LogP contribution is -2.16. The topological polar surface area (TPSA) is 35.5 Å². The van der Waals surface area contributed by atoms with Crippen LogP contribution in [0, 0.1) is 0 Å². The summed E-state index contributed by atoms with van der Waals surface area (Å²) >= 11 is 0. The first-order valence-corrected chi connectivity index (χ1v) is 6.74. The van der Waals surface area contributed by atoms with Crippen molar-refractivity contribution in [2.24, 2.45) is 0 Å². The molecule has 96 valence electrons. The number of hydrogen-bond donors (Lipinski definition) is 0. The number of esters is 1. The van der Waals surface area contributed by atoms with Gasteiger partial charge in [0.2, 0.25) is 0 Å². The molecule has 1 atom stereocenters. The molecule has 1 aliphatic carbocycles. The van der Waals surface area contributed by atoms with Crippen LogP contribution in [0.4, 0.5) is 0 Å². The Morgan fingerprint density at radius 1 is 1.28 bits per heavy atom. The van der Waals surface area contributed by atoms with Gasteiger partial charge in [0.1, 0.15) is 11.9 Å². The molecule has 1 aromatic carbocycles. The zero-order valence-corrected chi connectivity index (χ0v) is 10.4. The average molecular weight is 246 g/mol. The van der Waals surface area contributed by atoms with Crippen molar-refractivity contribution in [1.82, 2.24) is 0 Å². The molecule has 0 N–H and O–H groups in total. The highest BCUT2D eigenvalue weighted by molar-refractivity contribution is 5.69. The maximum atomic E-state index is 11.6. The quantitative estimate of drug-likeness (QED) is 0.766. The van der Waals surface area contributed by atoms with E-state index in [2.05, 4.69) is 6.07 Å². The fourth-order valence-corrected chi connectivity index (χ4v) is 2.44. The minimum atomic E-state index is -0.0403. The summed E-state index contributed by atoms with van der Waals surface area (Å²) in [6, 6.07) is 8.13. The Balaban J connectivity index is 1.58. The van der Waals surface area contributed by atoms with Crippen LogP contribution in [-0.2, 0) is 9.53 Å². The minimum Gasteiger partial charge on any atom is -0.493 e. The lowest BCUT2D eigenvalue weighted by molar-refractivity contribution is -0.145. The van der Waals surface area contributed by atoms with Gasteiger partial charge in [-0.2, -0.15) is 0 Å². The molecule has 0 radical (unpaired) electrons. The number of hydrogen-bond acceptors (Lipinski definition) is 3. The highest BCUT2D eigenvalue weighted by atomic mass is 16.5. The van der Waals surface area contributed by atoms with Gasteiger partial charge in [-0.3, -0.25) is 4.79 Å². The summed E-state index contributed by atoms with van der Waals surface area (Å²) in [7, 11) is 0. The van der Waals surface area contributed by atoms with E-state index >= 15 is 0 Å². The summed E-state index contributed by atoms with van der Waals surface area (Å²) in [5.74, 6) is 1.37. The predicted molar refractivity (Wildman–Crippen MR) is 67.6 cm³/mol. The Morgan fingerprint density at radius 2 is 2.11 bits per heavy atom. The fourth-order valence-electron chi connectivity index (χ4n) is 2.44. The van der Waals surface area contributed by atoms with E-state index in [1.807, 2.05) is 18.2 Å². The highest BCUT2D eigenvalue weighted by Gasteiger charge is 2.27. The summed E-state index contributed by atoms with van der Waals surface area (Å²) in [5.41, 5.74) is 1.24. The second-order valence-electron chi connectivity index (χ2n) is 5.10. The first-order valence-electron chi connectivity index (χ1n) is 6.74. The first-order chi connectivity index (χ1) is 8.83. The number of carbonyl (C=O) groups is 1. The van der Waals surface area contributed by atoms with E-state index in [1.54, 1.807) is 0 Å². The molecule has 3 rings (SSSR count). The summed E-state index contributed by atoms with van der Waals surface area (Å²) in [6.45, 7) is 0.749. The Bertz CT molecular complexity index is 437. The molecule has 1 heterocycles. The van der Waals surface area contributed by atoms with Gasteiger partial charge in [0.15, 0.2) is 0 Å². The van der Waals surface area contributed by atoms with Crippen LogP contribution in [0.5, 0.6) is 5.75 Å². The maximum Gasteiger partial charge on any atom is 0.306 e. The molecule has 1 fully saturated rings. The van der Waals surface area contributed by atoms with E-state index in [4.69, 9.17) is 9.47 Å². The van der Waals surface area contributed by atoms with Gasteiger partial charge in [-0.05, 0) is 43.2 Å². The third-order valence-corrected chi connectivity index (χ3v) is 3.60. The smallest absolute Gasteiger partial charge is 0.306 e. The van der Waals surface area contributed by atoms with Crippen LogP contribution < -0.4 is 4.74 Å². The second kappa shape index (κ2) is 5.01. The fraction of sp³-hybridized carbons (Fsp3) is 0.533. The summed E-state index contributed by atoms with van der Waals surface area (Å²) in [4.78, 5) is 11.6. The Labute approximate surface area is 107 Å². The van der Waals surface area contributed by atoms with Gasteiger partial charge in [0.05, 0.1) is 6.61 Å². The van der Waals surface area contributed by atoms with Crippen LogP contribution in [0.15, 0.2) is 24.3 Å². The molecule has 0 amide bonds. The normalized spacial score (nSPS) is 21.9. The van der Waals surface area contributed by atoms with Crippen molar-refractivity contribution in [3.63, 3.8) is 0 Å². The molecule has 18 heavy (non-hydrogen) atoms. The number of ether oxygens (including phenoxy) is 2. The van der Waals surface area contributed by atoms with Crippen LogP contribution in [0.25, 0.3) is 0 Å². The van der Waals surface area contributed by atoms with Crippen LogP contribution in [-0.4, -0.2) is 18.7 Å². The van der Waals surface area contributed by atoms with Gasteiger partial charge in [-0.15, -0.1) is 0 Å². The molecular weight excluding hydrogens is 228 g/mol. The molecule has 1 unspecified atom stereocenters. The van der Waals surface area contributed by atoms with Gasteiger partial charge in [0, 0.05) is 6.42 Å². The number of rotatable bonds is 4. The zero-order chi connectivity index (χ0) is 12.4. The van der Waals surface area contributed by atoms with Gasteiger partial charge >= 0.3 is 5.97 Å². The summed E-state index contributed by atoms with van der Waals surface area (Å²) in [5, 5.41) is 0. The average Bonchev–Trinajstić information content (AvgIpc) is 3.20. The largest absolute Gasteiger partial charge is 0.493 e. The monoisotopic (exact) mass is 246 g/mol. The molecule has 0 aromatic heterocycles. The number of benzene rings is 1. The van der Waals surface area contributed by atoms with E-state index in [9.17, 15) is 4.79 Å². The maximum absolute atomic E-state index is 11.6. The molecule has 2 aliphatic rings. The Kier molecular flexibility index (Phi) is 3.22. The van der Waals surface area contributed by atoms with Crippen LogP contribution in [0.1, 0.15) is 43.6 Å². The highest BCUT2D eigenvalue weighted by Crippen LogP contribution is 2.36. The van der Waals surface area contributed by atoms with Gasteiger partial charge in [0.25, 0.3) is 0 Å². The third kappa shape index (κ3) is 2.66. The molecule has 1 saturated carbocycles. The minimum absolute atomic E-state index is 0.0403. The molecule has 0 bridgehead atoms. The molecule has 0 spiro atoms. The van der Waals surface area contributed by atoms with Crippen LogP contribution in [0.3, 0.4) is 0 Å². The lowest BCUT2D eigenvalue weighted by atomic mass is 9.89. The van der Waals surface area contributed by atoms with Crippen LogP contribution in [0.2, 0.25) is 0 Å². The van der Waals surface area contributed by atoms with E-state index in [0.29, 0.717) is 12.3 Å². The number of fused-ring (bicyclic) bond motifs is 1. The van der Waals surface area contributed by atoms with Crippen molar-refractivity contribution in [3.8, 4) is 5.75 Å². The summed E-state index contributed by atoms with van der Waals surface area (Å²) in [6.07, 6.45) is 4.70. The van der Waals surface area contributed by atoms with Crippen molar-refractivity contribution in [3.05, 3.63) is 29.8 Å². The van der Waals surface area contributed by atoms with Crippen molar-refractivity contribution >= 4 is 5.97 Å². The van der Waals surface area contributed by atoms with Gasteiger partial charge in [-0.25, -0.2) is 0 Å². The van der Waals surface area contributed by atoms with E-state index in [0.717, 1.165) is 38.0 Å². The van der Waals surface area contributed by atoms with Crippen molar-refractivity contribution in [2.45, 2.75) is 44.1 Å². The Morgan fingerprint density at radius 3 is 2.94 bits per heavy atom. The molecule has 1 aromatic rings. The van der Waals surface area contributed by atoms with Gasteiger partial charge < -0.3 is 9.47 Å².